The Hall–Kier alpha value is -2.65. The van der Waals surface area contributed by atoms with E-state index in [1.807, 2.05) is 50.4 Å². The first kappa shape index (κ1) is 25.4. The van der Waals surface area contributed by atoms with E-state index in [0.29, 0.717) is 23.1 Å². The number of carbonyl (C=O) groups is 3. The Morgan fingerprint density at radius 2 is 1.87 bits per heavy atom. The molecule has 0 aliphatic heterocycles. The van der Waals surface area contributed by atoms with Gasteiger partial charge in [-0.3, -0.25) is 9.69 Å². The van der Waals surface area contributed by atoms with Crippen LogP contribution in [0.15, 0.2) is 29.6 Å². The molecule has 1 heterocycles. The third-order valence-electron chi connectivity index (χ3n) is 3.22. The molecule has 0 fully saturated rings. The number of amides is 2. The van der Waals surface area contributed by atoms with Gasteiger partial charge in [0, 0.05) is 36.5 Å². The van der Waals surface area contributed by atoms with E-state index in [9.17, 15) is 14.4 Å². The smallest absolute Gasteiger partial charge is 0.416 e. The maximum Gasteiger partial charge on any atom is 0.416 e. The number of hydrogen-bond donors (Lipinski definition) is 1. The van der Waals surface area contributed by atoms with Crippen molar-refractivity contribution in [2.75, 3.05) is 23.9 Å². The monoisotopic (exact) mass is 455 g/mol. The number of anilines is 2. The molecule has 0 aliphatic carbocycles. The number of thiazole rings is 1. The Balaban J connectivity index is 0.000000656. The second-order valence-corrected chi connectivity index (χ2v) is 8.10. The molecule has 10 heteroatoms. The molecule has 2 aromatic rings. The van der Waals surface area contributed by atoms with Crippen molar-refractivity contribution in [2.24, 2.45) is 0 Å². The summed E-state index contributed by atoms with van der Waals surface area (Å²) in [6.45, 7) is 8.95. The fraction of sp³-hybridized carbons (Fsp3) is 0.400. The largest absolute Gasteiger partial charge is 0.454 e. The molecule has 0 saturated heterocycles. The van der Waals surface area contributed by atoms with Crippen molar-refractivity contribution < 1.29 is 23.9 Å². The van der Waals surface area contributed by atoms with E-state index in [2.05, 4.69) is 15.0 Å². The summed E-state index contributed by atoms with van der Waals surface area (Å²) in [6.07, 6.45) is -0.460. The van der Waals surface area contributed by atoms with Crippen LogP contribution in [0, 0.1) is 0 Å². The van der Waals surface area contributed by atoms with E-state index in [-0.39, 0.29) is 5.91 Å². The van der Waals surface area contributed by atoms with Gasteiger partial charge in [-0.2, -0.15) is 0 Å². The van der Waals surface area contributed by atoms with E-state index in [1.165, 1.54) is 23.2 Å². The van der Waals surface area contributed by atoms with Gasteiger partial charge in [0.1, 0.15) is 5.60 Å². The maximum absolute atomic E-state index is 12.1. The first-order valence-corrected chi connectivity index (χ1v) is 10.3. The van der Waals surface area contributed by atoms with Crippen LogP contribution in [-0.4, -0.2) is 41.7 Å². The lowest BCUT2D eigenvalue weighted by atomic mass is 10.1. The van der Waals surface area contributed by atoms with Crippen molar-refractivity contribution in [3.05, 3.63) is 29.6 Å². The number of halogens is 1. The van der Waals surface area contributed by atoms with Crippen molar-refractivity contribution in [2.45, 2.75) is 40.2 Å². The molecule has 0 bridgehead atoms. The molecular weight excluding hydrogens is 430 g/mol. The van der Waals surface area contributed by atoms with Crippen LogP contribution in [0.1, 0.15) is 34.6 Å². The van der Waals surface area contributed by atoms with Crippen LogP contribution in [0.25, 0.3) is 11.3 Å². The lowest BCUT2D eigenvalue weighted by Gasteiger charge is -2.23. The molecule has 1 aromatic heterocycles. The highest BCUT2D eigenvalue weighted by atomic mass is 35.5. The van der Waals surface area contributed by atoms with Crippen molar-refractivity contribution in [3.8, 4) is 11.3 Å². The van der Waals surface area contributed by atoms with Gasteiger partial charge in [-0.05, 0) is 33.8 Å². The number of rotatable bonds is 4. The van der Waals surface area contributed by atoms with Crippen LogP contribution >= 0.6 is 22.9 Å². The molecule has 164 valence electrons. The van der Waals surface area contributed by atoms with Gasteiger partial charge in [0.25, 0.3) is 0 Å². The summed E-state index contributed by atoms with van der Waals surface area (Å²) < 4.78 is 9.51. The van der Waals surface area contributed by atoms with Gasteiger partial charge in [-0.1, -0.05) is 18.2 Å². The molecule has 8 nitrogen and oxygen atoms in total. The summed E-state index contributed by atoms with van der Waals surface area (Å²) in [7, 11) is 1.62. The number of carbonyl (C=O) groups excluding carboxylic acids is 3. The van der Waals surface area contributed by atoms with Crippen molar-refractivity contribution >= 4 is 51.2 Å². The lowest BCUT2D eigenvalue weighted by molar-refractivity contribution is -0.114. The minimum absolute atomic E-state index is 0.149. The Kier molecular flexibility index (Phi) is 9.74. The van der Waals surface area contributed by atoms with E-state index < -0.39 is 17.1 Å². The molecule has 0 aliphatic rings. The second-order valence-electron chi connectivity index (χ2n) is 6.95. The highest BCUT2D eigenvalue weighted by molar-refractivity contribution is 7.14. The number of hydrogen-bond acceptors (Lipinski definition) is 7. The van der Waals surface area contributed by atoms with Gasteiger partial charge in [-0.25, -0.2) is 14.6 Å². The van der Waals surface area contributed by atoms with E-state index in [1.54, 1.807) is 14.0 Å². The van der Waals surface area contributed by atoms with Crippen molar-refractivity contribution in [3.63, 3.8) is 0 Å². The predicted octanol–water partition coefficient (Wildman–Crippen LogP) is 5.52. The van der Waals surface area contributed by atoms with Gasteiger partial charge < -0.3 is 14.8 Å². The molecular formula is C20H26ClN3O5S. The Bertz CT molecular complexity index is 879. The molecule has 2 rings (SSSR count). The van der Waals surface area contributed by atoms with Crippen molar-refractivity contribution in [1.29, 1.82) is 0 Å². The summed E-state index contributed by atoms with van der Waals surface area (Å²) in [5.74, 6) is -0.149. The number of aromatic nitrogens is 1. The zero-order valence-electron chi connectivity index (χ0n) is 17.8. The summed E-state index contributed by atoms with van der Waals surface area (Å²) in [6, 6.07) is 7.40. The van der Waals surface area contributed by atoms with E-state index in [0.717, 1.165) is 5.56 Å². The maximum atomic E-state index is 12.1. The summed E-state index contributed by atoms with van der Waals surface area (Å²) in [4.78, 5) is 38.9. The number of nitrogens with zero attached hydrogens (tertiary/aromatic N) is 2. The minimum atomic E-state index is -0.738. The standard InChI is InChI=1S/C17H21N3O3S.C3H5ClO2/c1-11(21)18-13-9-7-6-8-12(13)14-10-24-15(19-14)20(5)16(22)23-17(2,3)4;1-2-6-3(4)5/h6-10H,1-5H3,(H,18,21);2H2,1H3. The van der Waals surface area contributed by atoms with Gasteiger partial charge in [0.2, 0.25) is 5.91 Å². The fourth-order valence-corrected chi connectivity index (χ4v) is 2.96. The fourth-order valence-electron chi connectivity index (χ4n) is 2.07. The summed E-state index contributed by atoms with van der Waals surface area (Å²) in [5.41, 5.74) is 0.866. The molecule has 30 heavy (non-hydrogen) atoms. The summed E-state index contributed by atoms with van der Waals surface area (Å²) >= 11 is 6.05. The van der Waals surface area contributed by atoms with E-state index in [4.69, 9.17) is 16.3 Å². The molecule has 0 saturated carbocycles. The number of ether oxygens (including phenoxy) is 2. The SMILES string of the molecule is CC(=O)Nc1ccccc1-c1csc(N(C)C(=O)OC(C)(C)C)n1.CCOC(=O)Cl. The first-order chi connectivity index (χ1) is 13.9. The van der Waals surface area contributed by atoms with Crippen LogP contribution in [0.2, 0.25) is 0 Å². The molecule has 0 radical (unpaired) electrons. The zero-order valence-corrected chi connectivity index (χ0v) is 19.4. The highest BCUT2D eigenvalue weighted by Gasteiger charge is 2.22. The highest BCUT2D eigenvalue weighted by Crippen LogP contribution is 2.32. The Morgan fingerprint density at radius 3 is 2.37 bits per heavy atom. The quantitative estimate of drug-likeness (QED) is 0.609. The average molecular weight is 456 g/mol. The van der Waals surface area contributed by atoms with Gasteiger partial charge in [0.15, 0.2) is 5.13 Å². The van der Waals surface area contributed by atoms with Crippen molar-refractivity contribution in [1.82, 2.24) is 4.98 Å². The van der Waals surface area contributed by atoms with Crippen LogP contribution < -0.4 is 10.2 Å². The molecule has 0 unspecified atom stereocenters. The van der Waals surface area contributed by atoms with Crippen LogP contribution in [0.3, 0.4) is 0 Å². The molecule has 1 N–H and O–H groups in total. The number of para-hydroxylation sites is 1. The van der Waals surface area contributed by atoms with Gasteiger partial charge >= 0.3 is 11.5 Å². The Labute approximate surface area is 185 Å². The lowest BCUT2D eigenvalue weighted by Crippen LogP contribution is -2.34. The van der Waals surface area contributed by atoms with Crippen LogP contribution in [0.4, 0.5) is 20.4 Å². The van der Waals surface area contributed by atoms with Gasteiger partial charge in [0.05, 0.1) is 18.0 Å². The normalized spacial score (nSPS) is 10.4. The van der Waals surface area contributed by atoms with Gasteiger partial charge in [-0.15, -0.1) is 11.3 Å². The third-order valence-corrected chi connectivity index (χ3v) is 4.24. The minimum Gasteiger partial charge on any atom is -0.454 e. The topological polar surface area (TPSA) is 97.8 Å². The average Bonchev–Trinajstić information content (AvgIpc) is 3.09. The van der Waals surface area contributed by atoms with Crippen LogP contribution in [0.5, 0.6) is 0 Å². The second kappa shape index (κ2) is 11.5. The third kappa shape index (κ3) is 8.79. The summed E-state index contributed by atoms with van der Waals surface area (Å²) in [5, 5.41) is 5.15. The zero-order chi connectivity index (χ0) is 22.9. The number of benzene rings is 1. The van der Waals surface area contributed by atoms with E-state index >= 15 is 0 Å². The Morgan fingerprint density at radius 1 is 1.23 bits per heavy atom. The van der Waals surface area contributed by atoms with Crippen LogP contribution in [-0.2, 0) is 14.3 Å². The molecule has 1 aromatic carbocycles. The first-order valence-electron chi connectivity index (χ1n) is 9.06. The molecule has 0 spiro atoms. The molecule has 0 atom stereocenters. The molecule has 2 amide bonds. The predicted molar refractivity (Wildman–Crippen MR) is 119 cm³/mol. The number of nitrogens with one attached hydrogen (secondary N) is 1.